The van der Waals surface area contributed by atoms with Crippen molar-refractivity contribution in [3.63, 3.8) is 0 Å². The fourth-order valence-electron chi connectivity index (χ4n) is 3.17. The summed E-state index contributed by atoms with van der Waals surface area (Å²) in [4.78, 5) is 2.09. The predicted molar refractivity (Wildman–Crippen MR) is 103 cm³/mol. The molecule has 2 nitrogen and oxygen atoms in total. The second-order valence-electron chi connectivity index (χ2n) is 6.06. The van der Waals surface area contributed by atoms with E-state index in [2.05, 4.69) is 10.2 Å². The molecular formula is C19H20ClFN2S. The van der Waals surface area contributed by atoms with Crippen LogP contribution < -0.4 is 10.2 Å². The second-order valence-corrected chi connectivity index (χ2v) is 6.85. The monoisotopic (exact) mass is 362 g/mol. The molecule has 1 aliphatic carbocycles. The molecule has 1 saturated carbocycles. The zero-order chi connectivity index (χ0) is 16.9. The highest BCUT2D eigenvalue weighted by Gasteiger charge is 2.25. The van der Waals surface area contributed by atoms with Gasteiger partial charge in [0.15, 0.2) is 5.11 Å². The van der Waals surface area contributed by atoms with Crippen molar-refractivity contribution in [2.45, 2.75) is 38.1 Å². The molecule has 1 fully saturated rings. The number of anilines is 2. The van der Waals surface area contributed by atoms with E-state index in [1.807, 2.05) is 30.3 Å². The van der Waals surface area contributed by atoms with Gasteiger partial charge in [0.1, 0.15) is 5.82 Å². The van der Waals surface area contributed by atoms with Crippen LogP contribution >= 0.6 is 23.8 Å². The van der Waals surface area contributed by atoms with Gasteiger partial charge in [-0.25, -0.2) is 4.39 Å². The summed E-state index contributed by atoms with van der Waals surface area (Å²) >= 11 is 11.7. The van der Waals surface area contributed by atoms with Gasteiger partial charge in [0, 0.05) is 17.4 Å². The lowest BCUT2D eigenvalue weighted by atomic mass is 9.94. The van der Waals surface area contributed by atoms with E-state index in [1.165, 1.54) is 25.3 Å². The fourth-order valence-corrected chi connectivity index (χ4v) is 3.72. The van der Waals surface area contributed by atoms with Gasteiger partial charge in [-0.2, -0.15) is 0 Å². The highest BCUT2D eigenvalue weighted by atomic mass is 35.5. The van der Waals surface area contributed by atoms with Crippen LogP contribution in [0.4, 0.5) is 15.8 Å². The van der Waals surface area contributed by atoms with Gasteiger partial charge >= 0.3 is 0 Å². The number of nitrogens with zero attached hydrogens (tertiary/aromatic N) is 1. The van der Waals surface area contributed by atoms with E-state index >= 15 is 0 Å². The summed E-state index contributed by atoms with van der Waals surface area (Å²) in [5.41, 5.74) is 1.78. The van der Waals surface area contributed by atoms with Crippen LogP contribution in [-0.2, 0) is 0 Å². The van der Waals surface area contributed by atoms with Gasteiger partial charge in [-0.1, -0.05) is 49.1 Å². The maximum Gasteiger partial charge on any atom is 0.178 e. The predicted octanol–water partition coefficient (Wildman–Crippen LogP) is 6.02. The van der Waals surface area contributed by atoms with Crippen molar-refractivity contribution in [3.8, 4) is 0 Å². The van der Waals surface area contributed by atoms with E-state index in [0.29, 0.717) is 11.2 Å². The zero-order valence-electron chi connectivity index (χ0n) is 13.3. The molecule has 0 aromatic heterocycles. The summed E-state index contributed by atoms with van der Waals surface area (Å²) in [6.45, 7) is 0. The van der Waals surface area contributed by atoms with Gasteiger partial charge in [0.2, 0.25) is 0 Å². The average molecular weight is 363 g/mol. The van der Waals surface area contributed by atoms with Crippen molar-refractivity contribution in [3.05, 3.63) is 59.4 Å². The minimum absolute atomic E-state index is 0.121. The summed E-state index contributed by atoms with van der Waals surface area (Å²) in [6.07, 6.45) is 5.78. The second kappa shape index (κ2) is 7.95. The van der Waals surface area contributed by atoms with Gasteiger partial charge in [0.05, 0.1) is 5.02 Å². The van der Waals surface area contributed by atoms with Gasteiger partial charge < -0.3 is 10.2 Å². The molecule has 0 radical (unpaired) electrons. The smallest absolute Gasteiger partial charge is 0.178 e. The summed E-state index contributed by atoms with van der Waals surface area (Å²) in [6, 6.07) is 15.0. The zero-order valence-corrected chi connectivity index (χ0v) is 14.9. The van der Waals surface area contributed by atoms with Gasteiger partial charge in [-0.3, -0.25) is 0 Å². The van der Waals surface area contributed by atoms with Crippen LogP contribution in [0.2, 0.25) is 5.02 Å². The summed E-state index contributed by atoms with van der Waals surface area (Å²) in [5, 5.41) is 4.03. The van der Waals surface area contributed by atoms with Crippen LogP contribution in [0.5, 0.6) is 0 Å². The highest BCUT2D eigenvalue weighted by molar-refractivity contribution is 7.80. The van der Waals surface area contributed by atoms with Gasteiger partial charge in [-0.05, 0) is 55.4 Å². The Morgan fingerprint density at radius 3 is 2.46 bits per heavy atom. The molecule has 2 aromatic carbocycles. The topological polar surface area (TPSA) is 15.3 Å². The Kier molecular flexibility index (Phi) is 5.69. The van der Waals surface area contributed by atoms with Crippen LogP contribution in [-0.4, -0.2) is 11.2 Å². The summed E-state index contributed by atoms with van der Waals surface area (Å²) in [7, 11) is 0. The Hall–Kier alpha value is -1.65. The van der Waals surface area contributed by atoms with Crippen molar-refractivity contribution in [2.24, 2.45) is 0 Å². The number of nitrogens with one attached hydrogen (secondary N) is 1. The molecule has 24 heavy (non-hydrogen) atoms. The molecule has 0 aliphatic heterocycles. The number of thiocarbonyl (C=S) groups is 1. The molecule has 5 heteroatoms. The van der Waals surface area contributed by atoms with Crippen LogP contribution in [0.1, 0.15) is 32.1 Å². The Morgan fingerprint density at radius 1 is 1.08 bits per heavy atom. The molecule has 1 N–H and O–H groups in total. The number of para-hydroxylation sites is 1. The first-order chi connectivity index (χ1) is 11.6. The molecule has 0 saturated heterocycles. The van der Waals surface area contributed by atoms with Gasteiger partial charge in [0.25, 0.3) is 0 Å². The fraction of sp³-hybridized carbons (Fsp3) is 0.316. The number of hydrogen-bond acceptors (Lipinski definition) is 1. The highest BCUT2D eigenvalue weighted by Crippen LogP contribution is 2.30. The number of halogens is 2. The van der Waals surface area contributed by atoms with E-state index in [0.717, 1.165) is 24.2 Å². The Labute approximate surface area is 152 Å². The molecule has 0 heterocycles. The minimum Gasteiger partial charge on any atom is -0.332 e. The van der Waals surface area contributed by atoms with Crippen molar-refractivity contribution >= 4 is 40.3 Å². The SMILES string of the molecule is Fc1ccc(N(C(=S)Nc2ccccc2)C2CCCCC2)cc1Cl. The quantitative estimate of drug-likeness (QED) is 0.672. The lowest BCUT2D eigenvalue weighted by Crippen LogP contribution is -2.44. The molecule has 0 amide bonds. The van der Waals surface area contributed by atoms with Crippen molar-refractivity contribution in [1.29, 1.82) is 0 Å². The first-order valence-corrected chi connectivity index (χ1v) is 9.04. The van der Waals surface area contributed by atoms with E-state index in [9.17, 15) is 4.39 Å². The molecule has 3 rings (SSSR count). The molecule has 0 bridgehead atoms. The van der Waals surface area contributed by atoms with Crippen LogP contribution in [0.25, 0.3) is 0 Å². The molecule has 0 spiro atoms. The lowest BCUT2D eigenvalue weighted by molar-refractivity contribution is 0.441. The molecule has 126 valence electrons. The largest absolute Gasteiger partial charge is 0.332 e. The van der Waals surface area contributed by atoms with Crippen molar-refractivity contribution in [1.82, 2.24) is 0 Å². The normalized spacial score (nSPS) is 15.1. The van der Waals surface area contributed by atoms with E-state index in [4.69, 9.17) is 23.8 Å². The number of hydrogen-bond donors (Lipinski definition) is 1. The van der Waals surface area contributed by atoms with Crippen LogP contribution in [0.3, 0.4) is 0 Å². The maximum absolute atomic E-state index is 13.6. The molecule has 2 aromatic rings. The lowest BCUT2D eigenvalue weighted by Gasteiger charge is -2.36. The molecule has 0 unspecified atom stereocenters. The Bertz CT molecular complexity index is 702. The first kappa shape index (κ1) is 17.2. The third-order valence-electron chi connectivity index (χ3n) is 4.37. The molecule has 0 atom stereocenters. The average Bonchev–Trinajstić information content (AvgIpc) is 2.60. The van der Waals surface area contributed by atoms with E-state index < -0.39 is 5.82 Å². The number of benzene rings is 2. The summed E-state index contributed by atoms with van der Waals surface area (Å²) in [5.74, 6) is -0.411. The Balaban J connectivity index is 1.88. The van der Waals surface area contributed by atoms with Crippen LogP contribution in [0, 0.1) is 5.82 Å². The molecule has 1 aliphatic rings. The maximum atomic E-state index is 13.6. The van der Waals surface area contributed by atoms with Crippen LogP contribution in [0.15, 0.2) is 48.5 Å². The minimum atomic E-state index is -0.411. The number of rotatable bonds is 3. The van der Waals surface area contributed by atoms with Crippen molar-refractivity contribution in [2.75, 3.05) is 10.2 Å². The summed E-state index contributed by atoms with van der Waals surface area (Å²) < 4.78 is 13.6. The molecular weight excluding hydrogens is 343 g/mol. The van der Waals surface area contributed by atoms with Crippen molar-refractivity contribution < 1.29 is 4.39 Å². The third-order valence-corrected chi connectivity index (χ3v) is 4.95. The van der Waals surface area contributed by atoms with E-state index in [1.54, 1.807) is 12.1 Å². The van der Waals surface area contributed by atoms with Gasteiger partial charge in [-0.15, -0.1) is 0 Å². The third kappa shape index (κ3) is 4.05. The van der Waals surface area contributed by atoms with E-state index in [-0.39, 0.29) is 5.02 Å². The standard InChI is InChI=1S/C19H20ClFN2S/c20-17-13-16(11-12-18(17)21)23(15-9-5-2-6-10-15)19(24)22-14-7-3-1-4-8-14/h1,3-4,7-8,11-13,15H,2,5-6,9-10H2,(H,22,24). The Morgan fingerprint density at radius 2 is 1.79 bits per heavy atom. The first-order valence-electron chi connectivity index (χ1n) is 8.25.